The number of imide groups is 2. The highest BCUT2D eigenvalue weighted by atomic mass is 35.5. The number of aliphatic hydroxyl groups is 1. The average molecular weight is 674 g/mol. The maximum Gasteiger partial charge on any atom is 0.241 e. The molecule has 10 nitrogen and oxygen atoms in total. The maximum atomic E-state index is 14.4. The molecule has 4 heterocycles. The summed E-state index contributed by atoms with van der Waals surface area (Å²) in [5, 5.41) is 9.58. The molecular weight excluding hydrogens is 641 g/mol. The minimum Gasteiger partial charge on any atom is -0.463 e. The van der Waals surface area contributed by atoms with Crippen LogP contribution in [0.25, 0.3) is 0 Å². The van der Waals surface area contributed by atoms with Crippen LogP contribution in [0.15, 0.2) is 70.7 Å². The number of rotatable bonds is 5. The van der Waals surface area contributed by atoms with Gasteiger partial charge >= 0.3 is 0 Å². The van der Waals surface area contributed by atoms with Gasteiger partial charge in [0.15, 0.2) is 0 Å². The third-order valence-electron chi connectivity index (χ3n) is 11.0. The van der Waals surface area contributed by atoms with E-state index < -0.39 is 52.6 Å². The Bertz CT molecular complexity index is 1890. The molecule has 0 spiro atoms. The van der Waals surface area contributed by atoms with Gasteiger partial charge in [0.25, 0.3) is 0 Å². The zero-order chi connectivity index (χ0) is 33.5. The smallest absolute Gasteiger partial charge is 0.241 e. The molecule has 3 aromatic rings. The van der Waals surface area contributed by atoms with Gasteiger partial charge in [0.1, 0.15) is 23.9 Å². The number of allylic oxidation sites excluding steroid dienone is 2. The second-order valence-corrected chi connectivity index (χ2v) is 13.8. The van der Waals surface area contributed by atoms with E-state index >= 15 is 0 Å². The Labute approximate surface area is 280 Å². The van der Waals surface area contributed by atoms with E-state index in [0.717, 1.165) is 35.3 Å². The standard InChI is InChI=1S/C36H33ClFN3O7/c1-36-26(33(44)41(35(36)46)21-6-10-28(38)27(37)16-21)17-25-23(31(36)29-11-7-22(18-42)48-29)8-9-24-30(25)34(45)40(32(24)43)20-4-2-19(3-5-20)39-12-14-47-15-13-39/h2-8,10-11,16,24-26,30-31,42H,9,12-15,17-18H2,1H3/t24-,25+,26-,30-,31+,36+/m0/s1. The van der Waals surface area contributed by atoms with Crippen LogP contribution >= 0.6 is 11.6 Å². The molecule has 0 unspecified atom stereocenters. The minimum absolute atomic E-state index is 0.148. The summed E-state index contributed by atoms with van der Waals surface area (Å²) in [6.07, 6.45) is 2.38. The number of aliphatic hydroxyl groups excluding tert-OH is 1. The Balaban J connectivity index is 1.18. The summed E-state index contributed by atoms with van der Waals surface area (Å²) in [7, 11) is 0. The van der Waals surface area contributed by atoms with Gasteiger partial charge in [0.2, 0.25) is 23.6 Å². The zero-order valence-corrected chi connectivity index (χ0v) is 26.9. The number of anilines is 3. The number of furan rings is 1. The monoisotopic (exact) mass is 673 g/mol. The lowest BCUT2D eigenvalue weighted by Crippen LogP contribution is -2.48. The van der Waals surface area contributed by atoms with Gasteiger partial charge in [-0.3, -0.25) is 24.1 Å². The molecule has 2 aromatic carbocycles. The van der Waals surface area contributed by atoms with Crippen molar-refractivity contribution in [1.29, 1.82) is 0 Å². The molecule has 1 saturated carbocycles. The number of nitrogens with zero attached hydrogens (tertiary/aromatic N) is 3. The number of carbonyl (C=O) groups is 4. The van der Waals surface area contributed by atoms with Crippen molar-refractivity contribution in [2.24, 2.45) is 29.1 Å². The van der Waals surface area contributed by atoms with Crippen molar-refractivity contribution in [2.75, 3.05) is 41.0 Å². The first kappa shape index (κ1) is 31.0. The van der Waals surface area contributed by atoms with Crippen molar-refractivity contribution in [3.8, 4) is 0 Å². The van der Waals surface area contributed by atoms with E-state index in [4.69, 9.17) is 20.8 Å². The molecule has 12 heteroatoms. The highest BCUT2D eigenvalue weighted by molar-refractivity contribution is 6.32. The third-order valence-corrected chi connectivity index (χ3v) is 11.3. The lowest BCUT2D eigenvalue weighted by Gasteiger charge is -2.48. The van der Waals surface area contributed by atoms with Crippen LogP contribution in [0.4, 0.5) is 21.5 Å². The Kier molecular flexibility index (Phi) is 7.35. The SMILES string of the molecule is C[C@@]12C(=O)N(c3ccc(F)c(Cl)c3)C(=O)[C@@H]1C[C@@H]1C(=CC[C@@H]3C(=O)N(c4ccc(N5CCOCC5)cc4)C(=O)[C@@H]31)[C@@H]2c1ccc(CO)o1. The summed E-state index contributed by atoms with van der Waals surface area (Å²) in [5.74, 6) is -5.16. The summed E-state index contributed by atoms with van der Waals surface area (Å²) in [4.78, 5) is 61.5. The van der Waals surface area contributed by atoms with Crippen molar-refractivity contribution >= 4 is 52.3 Å². The van der Waals surface area contributed by atoms with E-state index in [1.807, 2.05) is 18.2 Å². The van der Waals surface area contributed by atoms with E-state index in [1.165, 1.54) is 17.0 Å². The van der Waals surface area contributed by atoms with Gasteiger partial charge in [0, 0.05) is 18.8 Å². The van der Waals surface area contributed by atoms with Crippen LogP contribution in [-0.2, 0) is 30.5 Å². The van der Waals surface area contributed by atoms with Gasteiger partial charge in [-0.1, -0.05) is 23.3 Å². The zero-order valence-electron chi connectivity index (χ0n) is 26.1. The normalized spacial score (nSPS) is 30.0. The molecule has 2 aliphatic carbocycles. The second-order valence-electron chi connectivity index (χ2n) is 13.3. The van der Waals surface area contributed by atoms with Crippen molar-refractivity contribution < 1.29 is 37.8 Å². The predicted molar refractivity (Wildman–Crippen MR) is 173 cm³/mol. The summed E-state index contributed by atoms with van der Waals surface area (Å²) < 4.78 is 25.6. The Morgan fingerprint density at radius 3 is 2.29 bits per heavy atom. The number of hydrogen-bond acceptors (Lipinski definition) is 8. The van der Waals surface area contributed by atoms with Crippen molar-refractivity contribution in [2.45, 2.75) is 32.3 Å². The molecule has 4 fully saturated rings. The van der Waals surface area contributed by atoms with Gasteiger partial charge in [-0.15, -0.1) is 0 Å². The number of amides is 4. The van der Waals surface area contributed by atoms with Crippen LogP contribution in [0.1, 0.15) is 37.2 Å². The quantitative estimate of drug-likeness (QED) is 0.302. The molecule has 0 radical (unpaired) electrons. The second kappa shape index (κ2) is 11.4. The van der Waals surface area contributed by atoms with Crippen LogP contribution in [0.2, 0.25) is 5.02 Å². The fourth-order valence-electron chi connectivity index (χ4n) is 8.71. The Morgan fingerprint density at radius 2 is 1.60 bits per heavy atom. The number of morpholine rings is 1. The largest absolute Gasteiger partial charge is 0.463 e. The topological polar surface area (TPSA) is 121 Å². The fourth-order valence-corrected chi connectivity index (χ4v) is 8.88. The number of benzene rings is 2. The van der Waals surface area contributed by atoms with Crippen molar-refractivity contribution in [3.05, 3.63) is 88.6 Å². The van der Waals surface area contributed by atoms with Gasteiger partial charge in [-0.2, -0.15) is 0 Å². The Morgan fingerprint density at radius 1 is 0.896 bits per heavy atom. The maximum absolute atomic E-state index is 14.4. The van der Waals surface area contributed by atoms with Crippen LogP contribution in [0.3, 0.4) is 0 Å². The molecule has 0 bridgehead atoms. The number of fused-ring (bicyclic) bond motifs is 4. The molecule has 248 valence electrons. The van der Waals surface area contributed by atoms with Gasteiger partial charge < -0.3 is 19.2 Å². The molecule has 8 rings (SSSR count). The number of hydrogen-bond donors (Lipinski definition) is 1. The van der Waals surface area contributed by atoms with Crippen LogP contribution < -0.4 is 14.7 Å². The van der Waals surface area contributed by atoms with Crippen LogP contribution in [0, 0.1) is 34.9 Å². The predicted octanol–water partition coefficient (Wildman–Crippen LogP) is 4.84. The van der Waals surface area contributed by atoms with E-state index in [9.17, 15) is 28.7 Å². The van der Waals surface area contributed by atoms with E-state index in [-0.39, 0.29) is 42.0 Å². The summed E-state index contributed by atoms with van der Waals surface area (Å²) in [5.41, 5.74) is 1.04. The summed E-state index contributed by atoms with van der Waals surface area (Å²) in [6, 6.07) is 14.4. The van der Waals surface area contributed by atoms with E-state index in [0.29, 0.717) is 30.4 Å². The first-order valence-corrected chi connectivity index (χ1v) is 16.5. The molecule has 1 aromatic heterocycles. The first-order valence-electron chi connectivity index (χ1n) is 16.2. The molecule has 3 saturated heterocycles. The van der Waals surface area contributed by atoms with Gasteiger partial charge in [-0.05, 0) is 80.3 Å². The minimum atomic E-state index is -1.33. The molecular formula is C36H33ClFN3O7. The average Bonchev–Trinajstić information content (AvgIpc) is 3.73. The van der Waals surface area contributed by atoms with Crippen molar-refractivity contribution in [3.63, 3.8) is 0 Å². The van der Waals surface area contributed by atoms with Gasteiger partial charge in [0.05, 0.1) is 58.7 Å². The fraction of sp³-hybridized carbons (Fsp3) is 0.389. The lowest BCUT2D eigenvalue weighted by atomic mass is 9.52. The molecule has 3 aliphatic heterocycles. The Hall–Kier alpha value is -4.32. The highest BCUT2D eigenvalue weighted by Crippen LogP contribution is 2.64. The van der Waals surface area contributed by atoms with E-state index in [1.54, 1.807) is 31.2 Å². The third kappa shape index (κ3) is 4.44. The molecule has 48 heavy (non-hydrogen) atoms. The number of carbonyl (C=O) groups excluding carboxylic acids is 4. The molecule has 6 atom stereocenters. The molecule has 1 N–H and O–H groups in total. The highest BCUT2D eigenvalue weighted by Gasteiger charge is 2.68. The van der Waals surface area contributed by atoms with E-state index in [2.05, 4.69) is 4.90 Å². The van der Waals surface area contributed by atoms with Crippen LogP contribution in [-0.4, -0.2) is 55.0 Å². The summed E-state index contributed by atoms with van der Waals surface area (Å²) >= 11 is 6.07. The molecule has 5 aliphatic rings. The summed E-state index contributed by atoms with van der Waals surface area (Å²) in [6.45, 7) is 4.14. The first-order chi connectivity index (χ1) is 23.1. The lowest BCUT2D eigenvalue weighted by molar-refractivity contribution is -0.131. The number of ether oxygens (including phenoxy) is 1. The van der Waals surface area contributed by atoms with Crippen molar-refractivity contribution in [1.82, 2.24) is 0 Å². The van der Waals surface area contributed by atoms with Crippen LogP contribution in [0.5, 0.6) is 0 Å². The molecule has 4 amide bonds. The number of halogens is 2. The van der Waals surface area contributed by atoms with Gasteiger partial charge in [-0.25, -0.2) is 9.29 Å².